The van der Waals surface area contributed by atoms with Gasteiger partial charge in [-0.3, -0.25) is 9.59 Å². The van der Waals surface area contributed by atoms with Crippen molar-refractivity contribution >= 4 is 28.8 Å². The van der Waals surface area contributed by atoms with Gasteiger partial charge in [-0.25, -0.2) is 14.8 Å². The van der Waals surface area contributed by atoms with E-state index in [9.17, 15) is 27.6 Å². The zero-order chi connectivity index (χ0) is 31.1. The molecule has 5 unspecified atom stereocenters. The van der Waals surface area contributed by atoms with E-state index >= 15 is 0 Å². The Kier molecular flexibility index (Phi) is 8.45. The number of hydrogen-bond acceptors (Lipinski definition) is 8. The monoisotopic (exact) mass is 606 g/mol. The molecule has 3 heterocycles. The van der Waals surface area contributed by atoms with Crippen molar-refractivity contribution in [2.75, 3.05) is 20.2 Å². The van der Waals surface area contributed by atoms with E-state index in [1.54, 1.807) is 18.2 Å². The number of nitrogens with zero attached hydrogens (tertiary/aromatic N) is 3. The number of benzene rings is 1. The lowest BCUT2D eigenvalue weighted by Gasteiger charge is -2.29. The van der Waals surface area contributed by atoms with Crippen molar-refractivity contribution in [2.24, 2.45) is 17.8 Å². The number of ketones is 1. The molecular formula is C30H37F3N4O6. The minimum atomic E-state index is -4.89. The summed E-state index contributed by atoms with van der Waals surface area (Å²) in [6, 6.07) is 3.23. The van der Waals surface area contributed by atoms with Gasteiger partial charge >= 0.3 is 12.3 Å². The molecule has 1 saturated heterocycles. The highest BCUT2D eigenvalue weighted by Crippen LogP contribution is 2.49. The highest BCUT2D eigenvalue weighted by Gasteiger charge is 2.61. The van der Waals surface area contributed by atoms with E-state index in [0.717, 1.165) is 24.2 Å². The number of halogens is 3. The fraction of sp³-hybridized carbons (Fsp3) is 0.633. The third-order valence-electron chi connectivity index (χ3n) is 8.71. The van der Waals surface area contributed by atoms with Gasteiger partial charge in [0, 0.05) is 17.9 Å². The van der Waals surface area contributed by atoms with Gasteiger partial charge in [0.1, 0.15) is 41.7 Å². The Morgan fingerprint density at radius 3 is 2.63 bits per heavy atom. The third-order valence-corrected chi connectivity index (χ3v) is 8.71. The number of carbonyl (C=O) groups is 3. The maximum atomic E-state index is 14.7. The van der Waals surface area contributed by atoms with E-state index in [-0.39, 0.29) is 11.8 Å². The summed E-state index contributed by atoms with van der Waals surface area (Å²) in [7, 11) is 1.49. The number of methoxy groups -OCH3 is 1. The quantitative estimate of drug-likeness (QED) is 0.538. The zero-order valence-electron chi connectivity index (χ0n) is 24.7. The average molecular weight is 607 g/mol. The molecule has 43 heavy (non-hydrogen) atoms. The van der Waals surface area contributed by atoms with Gasteiger partial charge in [-0.05, 0) is 44.7 Å². The number of carbonyl (C=O) groups excluding carboxylic acids is 3. The Hall–Kier alpha value is -3.64. The van der Waals surface area contributed by atoms with Crippen LogP contribution in [0.5, 0.6) is 11.6 Å². The molecule has 1 aliphatic carbocycles. The first-order valence-corrected chi connectivity index (χ1v) is 14.7. The van der Waals surface area contributed by atoms with Crippen LogP contribution in [0.15, 0.2) is 18.2 Å². The van der Waals surface area contributed by atoms with Crippen molar-refractivity contribution in [3.63, 3.8) is 0 Å². The summed E-state index contributed by atoms with van der Waals surface area (Å²) in [4.78, 5) is 49.2. The molecule has 2 amide bonds. The van der Waals surface area contributed by atoms with Gasteiger partial charge in [0.05, 0.1) is 24.7 Å². The molecule has 3 aliphatic rings. The van der Waals surface area contributed by atoms with Crippen molar-refractivity contribution in [2.45, 2.75) is 83.2 Å². The lowest BCUT2D eigenvalue weighted by atomic mass is 9.89. The van der Waals surface area contributed by atoms with E-state index in [4.69, 9.17) is 19.2 Å². The van der Waals surface area contributed by atoms with Crippen LogP contribution in [-0.4, -0.2) is 76.8 Å². The second-order valence-corrected chi connectivity index (χ2v) is 12.2. The molecule has 1 aromatic carbocycles. The zero-order valence-corrected chi connectivity index (χ0v) is 24.7. The molecule has 5 rings (SSSR count). The molecule has 0 radical (unpaired) electrons. The molecule has 1 aromatic heterocycles. The average Bonchev–Trinajstić information content (AvgIpc) is 3.40. The van der Waals surface area contributed by atoms with Crippen molar-refractivity contribution in [1.82, 2.24) is 20.2 Å². The molecule has 2 aromatic rings. The summed E-state index contributed by atoms with van der Waals surface area (Å²) in [6.07, 6.45) is -3.02. The predicted molar refractivity (Wildman–Crippen MR) is 149 cm³/mol. The molecule has 1 saturated carbocycles. The lowest BCUT2D eigenvalue weighted by molar-refractivity contribution is -0.197. The first-order chi connectivity index (χ1) is 20.3. The summed E-state index contributed by atoms with van der Waals surface area (Å²) in [5, 5.41) is 2.37. The Bertz CT molecular complexity index is 1400. The molecule has 2 aliphatic heterocycles. The van der Waals surface area contributed by atoms with Crippen molar-refractivity contribution in [1.29, 1.82) is 0 Å². The molecule has 0 spiro atoms. The minimum Gasteiger partial charge on any atom is -0.497 e. The van der Waals surface area contributed by atoms with Crippen LogP contribution in [0.3, 0.4) is 0 Å². The maximum absolute atomic E-state index is 14.7. The number of fused-ring (bicyclic) bond motifs is 5. The van der Waals surface area contributed by atoms with Crippen molar-refractivity contribution in [3.05, 3.63) is 23.9 Å². The van der Waals surface area contributed by atoms with Gasteiger partial charge in [-0.15, -0.1) is 0 Å². The molecule has 2 fully saturated rings. The van der Waals surface area contributed by atoms with Gasteiger partial charge in [-0.2, -0.15) is 13.2 Å². The highest BCUT2D eigenvalue weighted by molar-refractivity contribution is 5.92. The van der Waals surface area contributed by atoms with E-state index < -0.39 is 66.6 Å². The number of aryl methyl sites for hydroxylation is 1. The second-order valence-electron chi connectivity index (χ2n) is 12.2. The minimum absolute atomic E-state index is 0.0670. The van der Waals surface area contributed by atoms with Gasteiger partial charge in [-0.1, -0.05) is 26.7 Å². The standard InChI is InChI=1S/C30H37F3N4O6/c1-16(2)26(39)25-24(30(31,32)33)22-15-37(25)23(38)14-34-28(40)43-29(3)13-17(29)8-6-5-7-9-20-27(42-22)36-21-12-18(41-4)10-11-19(21)35-20/h10-12,16-17,22,24-25H,5-9,13-15H2,1-4H3,(H,34,40). The Morgan fingerprint density at radius 2 is 1.93 bits per heavy atom. The number of ether oxygens (including phenoxy) is 3. The molecule has 5 atom stereocenters. The first kappa shape index (κ1) is 30.8. The topological polar surface area (TPSA) is 120 Å². The molecule has 234 valence electrons. The summed E-state index contributed by atoms with van der Waals surface area (Å²) in [6.45, 7) is 3.64. The van der Waals surface area contributed by atoms with Crippen molar-refractivity contribution in [3.8, 4) is 11.6 Å². The number of hydrogen-bond donors (Lipinski definition) is 1. The molecule has 2 bridgehead atoms. The summed E-state index contributed by atoms with van der Waals surface area (Å²) in [5.41, 5.74) is 0.666. The molecule has 13 heteroatoms. The van der Waals surface area contributed by atoms with Gasteiger partial charge < -0.3 is 24.4 Å². The largest absolute Gasteiger partial charge is 0.497 e. The van der Waals surface area contributed by atoms with Crippen LogP contribution < -0.4 is 14.8 Å². The van der Waals surface area contributed by atoms with E-state index in [2.05, 4.69) is 10.3 Å². The summed E-state index contributed by atoms with van der Waals surface area (Å²) >= 11 is 0. The van der Waals surface area contributed by atoms with Crippen LogP contribution in [0.1, 0.15) is 58.6 Å². The molecular weight excluding hydrogens is 569 g/mol. The SMILES string of the molecule is COc1ccc2nc3c(nc2c1)OC1CN(C(=O)CNC(=O)OC2(C)CC2CCCCC3)C(C(=O)C(C)C)C1C(F)(F)F. The summed E-state index contributed by atoms with van der Waals surface area (Å²) in [5.74, 6) is -4.10. The van der Waals surface area contributed by atoms with Crippen LogP contribution in [0, 0.1) is 17.8 Å². The fourth-order valence-electron chi connectivity index (χ4n) is 6.15. The van der Waals surface area contributed by atoms with Crippen LogP contribution in [0.4, 0.5) is 18.0 Å². The normalized spacial score (nSPS) is 28.6. The first-order valence-electron chi connectivity index (χ1n) is 14.7. The van der Waals surface area contributed by atoms with Crippen LogP contribution >= 0.6 is 0 Å². The van der Waals surface area contributed by atoms with E-state index in [1.165, 1.54) is 21.0 Å². The fourth-order valence-corrected chi connectivity index (χ4v) is 6.15. The van der Waals surface area contributed by atoms with Gasteiger partial charge in [0.25, 0.3) is 0 Å². The molecule has 1 N–H and O–H groups in total. The summed E-state index contributed by atoms with van der Waals surface area (Å²) < 4.78 is 61.0. The number of Topliss-reactive ketones (excluding diaryl/α,β-unsaturated/α-hetero) is 1. The Morgan fingerprint density at radius 1 is 1.16 bits per heavy atom. The predicted octanol–water partition coefficient (Wildman–Crippen LogP) is 4.62. The van der Waals surface area contributed by atoms with Gasteiger partial charge in [0.15, 0.2) is 5.78 Å². The maximum Gasteiger partial charge on any atom is 0.408 e. The Balaban J connectivity index is 1.55. The van der Waals surface area contributed by atoms with E-state index in [1.807, 2.05) is 6.92 Å². The number of alkyl halides is 3. The van der Waals surface area contributed by atoms with Crippen LogP contribution in [0.25, 0.3) is 11.0 Å². The number of rotatable bonds is 3. The van der Waals surface area contributed by atoms with E-state index in [0.29, 0.717) is 41.7 Å². The molecule has 10 nitrogen and oxygen atoms in total. The lowest BCUT2D eigenvalue weighted by Crippen LogP contribution is -2.51. The smallest absolute Gasteiger partial charge is 0.408 e. The number of alkyl carbamates (subject to hydrolysis) is 1. The second kappa shape index (κ2) is 11.8. The number of nitrogens with one attached hydrogen (secondary N) is 1. The third kappa shape index (κ3) is 6.50. The number of amides is 2. The van der Waals surface area contributed by atoms with Crippen LogP contribution in [-0.2, 0) is 20.7 Å². The van der Waals surface area contributed by atoms with Gasteiger partial charge in [0.2, 0.25) is 11.8 Å². The highest BCUT2D eigenvalue weighted by atomic mass is 19.4. The van der Waals surface area contributed by atoms with Crippen molar-refractivity contribution < 1.29 is 41.8 Å². The van der Waals surface area contributed by atoms with Crippen LogP contribution in [0.2, 0.25) is 0 Å². The Labute approximate surface area is 247 Å². The number of aromatic nitrogens is 2.